The van der Waals surface area contributed by atoms with Crippen molar-refractivity contribution < 1.29 is 4.39 Å². The molecule has 0 fully saturated rings. The van der Waals surface area contributed by atoms with Crippen molar-refractivity contribution in [3.63, 3.8) is 0 Å². The van der Waals surface area contributed by atoms with Crippen molar-refractivity contribution in [1.29, 1.82) is 0 Å². The van der Waals surface area contributed by atoms with E-state index in [-0.39, 0.29) is 16.0 Å². The van der Waals surface area contributed by atoms with Gasteiger partial charge >= 0.3 is 0 Å². The third kappa shape index (κ3) is 2.87. The van der Waals surface area contributed by atoms with Crippen molar-refractivity contribution in [1.82, 2.24) is 15.0 Å². The van der Waals surface area contributed by atoms with Gasteiger partial charge in [0.05, 0.1) is 5.39 Å². The zero-order chi connectivity index (χ0) is 14.0. The second-order valence-corrected chi connectivity index (χ2v) is 4.91. The first-order valence-electron chi connectivity index (χ1n) is 5.93. The molecule has 0 aliphatic rings. The molecule has 0 unspecified atom stereocenters. The highest BCUT2D eigenvalue weighted by Crippen LogP contribution is 2.28. The van der Waals surface area contributed by atoms with Crippen LogP contribution in [0.4, 0.5) is 10.2 Å². The van der Waals surface area contributed by atoms with E-state index in [1.54, 1.807) is 0 Å². The molecule has 7 heteroatoms. The molecule has 0 atom stereocenters. The van der Waals surface area contributed by atoms with Gasteiger partial charge in [-0.25, -0.2) is 14.4 Å². The molecule has 2 aromatic heterocycles. The monoisotopic (exact) mass is 302 g/mol. The zero-order valence-electron chi connectivity index (χ0n) is 10.6. The number of fused-ring (bicyclic) bond motifs is 1. The van der Waals surface area contributed by atoms with Crippen molar-refractivity contribution in [2.24, 2.45) is 0 Å². The Labute approximate surface area is 120 Å². The van der Waals surface area contributed by atoms with Crippen molar-refractivity contribution in [2.75, 3.05) is 18.5 Å². The number of unbranched alkanes of at least 4 members (excludes halogenated alkanes) is 1. The summed E-state index contributed by atoms with van der Waals surface area (Å²) in [5.41, 5.74) is 0.0957. The number of halogens is 3. The van der Waals surface area contributed by atoms with Crippen LogP contribution in [0.25, 0.3) is 10.9 Å². The van der Waals surface area contributed by atoms with Crippen LogP contribution < -0.4 is 4.90 Å². The van der Waals surface area contributed by atoms with Gasteiger partial charge in [-0.15, -0.1) is 0 Å². The number of hydrogen-bond acceptors (Lipinski definition) is 4. The van der Waals surface area contributed by atoms with Gasteiger partial charge in [0.25, 0.3) is 0 Å². The Bertz CT molecular complexity index is 606. The topological polar surface area (TPSA) is 41.9 Å². The van der Waals surface area contributed by atoms with Crippen LogP contribution in [0.15, 0.2) is 6.20 Å². The summed E-state index contributed by atoms with van der Waals surface area (Å²) in [6, 6.07) is 0. The molecule has 0 saturated heterocycles. The Kier molecular flexibility index (Phi) is 4.37. The highest BCUT2D eigenvalue weighted by atomic mass is 35.5. The van der Waals surface area contributed by atoms with Gasteiger partial charge in [-0.2, -0.15) is 4.98 Å². The maximum Gasteiger partial charge on any atom is 0.225 e. The number of pyridine rings is 1. The Morgan fingerprint density at radius 3 is 2.74 bits per heavy atom. The molecule has 0 aliphatic carbocycles. The molecule has 2 rings (SSSR count). The highest BCUT2D eigenvalue weighted by Gasteiger charge is 2.16. The van der Waals surface area contributed by atoms with Gasteiger partial charge in [0.1, 0.15) is 11.3 Å². The maximum absolute atomic E-state index is 13.9. The molecule has 2 heterocycles. The summed E-state index contributed by atoms with van der Waals surface area (Å²) in [5.74, 6) is -0.111. The zero-order valence-corrected chi connectivity index (χ0v) is 12.1. The van der Waals surface area contributed by atoms with E-state index in [1.165, 1.54) is 6.20 Å². The van der Waals surface area contributed by atoms with Gasteiger partial charge < -0.3 is 4.90 Å². The highest BCUT2D eigenvalue weighted by molar-refractivity contribution is 6.30. The summed E-state index contributed by atoms with van der Waals surface area (Å²) >= 11 is 11.5. The fraction of sp³-hybridized carbons (Fsp3) is 0.417. The Morgan fingerprint density at radius 2 is 2.05 bits per heavy atom. The van der Waals surface area contributed by atoms with E-state index >= 15 is 0 Å². The third-order valence-electron chi connectivity index (χ3n) is 2.80. The van der Waals surface area contributed by atoms with Crippen molar-refractivity contribution >= 4 is 39.9 Å². The van der Waals surface area contributed by atoms with Gasteiger partial charge in [-0.1, -0.05) is 24.9 Å². The average Bonchev–Trinajstić information content (AvgIpc) is 2.40. The van der Waals surface area contributed by atoms with Crippen LogP contribution >= 0.6 is 23.2 Å². The molecule has 0 radical (unpaired) electrons. The predicted molar refractivity (Wildman–Crippen MR) is 75.5 cm³/mol. The van der Waals surface area contributed by atoms with E-state index in [1.807, 2.05) is 11.9 Å². The molecule has 4 nitrogen and oxygen atoms in total. The molecule has 19 heavy (non-hydrogen) atoms. The number of aromatic nitrogens is 3. The molecule has 102 valence electrons. The lowest BCUT2D eigenvalue weighted by molar-refractivity contribution is 0.631. The molecule has 0 aromatic carbocycles. The first-order valence-corrected chi connectivity index (χ1v) is 6.68. The van der Waals surface area contributed by atoms with Gasteiger partial charge in [0, 0.05) is 19.8 Å². The summed E-state index contributed by atoms with van der Waals surface area (Å²) in [5, 5.41) is 0.279. The molecule has 0 amide bonds. The van der Waals surface area contributed by atoms with Gasteiger partial charge in [-0.3, -0.25) is 0 Å². The summed E-state index contributed by atoms with van der Waals surface area (Å²) < 4.78 is 13.9. The fourth-order valence-corrected chi connectivity index (χ4v) is 2.09. The van der Waals surface area contributed by atoms with E-state index in [0.717, 1.165) is 19.4 Å². The third-order valence-corrected chi connectivity index (χ3v) is 3.24. The lowest BCUT2D eigenvalue weighted by Crippen LogP contribution is -2.20. The minimum atomic E-state index is -0.673. The minimum Gasteiger partial charge on any atom is -0.359 e. The van der Waals surface area contributed by atoms with Crippen molar-refractivity contribution in [3.8, 4) is 0 Å². The smallest absolute Gasteiger partial charge is 0.225 e. The van der Waals surface area contributed by atoms with Crippen molar-refractivity contribution in [2.45, 2.75) is 19.8 Å². The van der Waals surface area contributed by atoms with E-state index < -0.39 is 5.82 Å². The Balaban J connectivity index is 2.57. The van der Waals surface area contributed by atoms with Crippen molar-refractivity contribution in [3.05, 3.63) is 22.5 Å². The van der Waals surface area contributed by atoms with Crippen LogP contribution in [0.2, 0.25) is 10.4 Å². The van der Waals surface area contributed by atoms with Gasteiger partial charge in [0.15, 0.2) is 11.0 Å². The molecule has 0 spiro atoms. The second-order valence-electron chi connectivity index (χ2n) is 4.22. The van der Waals surface area contributed by atoms with E-state index in [4.69, 9.17) is 23.2 Å². The summed E-state index contributed by atoms with van der Waals surface area (Å²) in [4.78, 5) is 13.8. The molecule has 0 N–H and O–H groups in total. The van der Waals surface area contributed by atoms with Crippen LogP contribution in [-0.4, -0.2) is 28.5 Å². The predicted octanol–water partition coefficient (Wildman–Crippen LogP) is 3.71. The Morgan fingerprint density at radius 1 is 1.32 bits per heavy atom. The summed E-state index contributed by atoms with van der Waals surface area (Å²) in [6.07, 6.45) is 3.53. The van der Waals surface area contributed by atoms with Crippen LogP contribution in [-0.2, 0) is 0 Å². The molecular weight excluding hydrogens is 290 g/mol. The van der Waals surface area contributed by atoms with Crippen LogP contribution in [0.5, 0.6) is 0 Å². The molecular formula is C12H13Cl2FN4. The van der Waals surface area contributed by atoms with Crippen LogP contribution in [0.1, 0.15) is 19.8 Å². The van der Waals surface area contributed by atoms with E-state index in [0.29, 0.717) is 11.2 Å². The molecule has 0 bridgehead atoms. The molecule has 2 aromatic rings. The molecule has 0 aliphatic heterocycles. The summed E-state index contributed by atoms with van der Waals surface area (Å²) in [6.45, 7) is 2.89. The number of anilines is 1. The molecule has 0 saturated carbocycles. The Hall–Kier alpha value is -1.20. The number of rotatable bonds is 4. The van der Waals surface area contributed by atoms with Gasteiger partial charge in [-0.05, 0) is 18.0 Å². The normalized spacial score (nSPS) is 11.0. The van der Waals surface area contributed by atoms with E-state index in [9.17, 15) is 4.39 Å². The lowest BCUT2D eigenvalue weighted by Gasteiger charge is -2.19. The van der Waals surface area contributed by atoms with Crippen LogP contribution in [0, 0.1) is 5.82 Å². The first kappa shape index (κ1) is 14.2. The minimum absolute atomic E-state index is 0.00739. The average molecular weight is 303 g/mol. The second kappa shape index (κ2) is 5.84. The standard InChI is InChI=1S/C12H13Cl2FN4/c1-3-4-5-19(2)11-7-6-16-10(13)8(15)9(7)17-12(14)18-11/h6H,3-5H2,1-2H3. The fourth-order valence-electron chi connectivity index (χ4n) is 1.78. The van der Waals surface area contributed by atoms with Crippen LogP contribution in [0.3, 0.4) is 0 Å². The first-order chi connectivity index (χ1) is 9.04. The largest absolute Gasteiger partial charge is 0.359 e. The van der Waals surface area contributed by atoms with E-state index in [2.05, 4.69) is 21.9 Å². The maximum atomic E-state index is 13.9. The number of nitrogens with zero attached hydrogens (tertiary/aromatic N) is 4. The number of hydrogen-bond donors (Lipinski definition) is 0. The quantitative estimate of drug-likeness (QED) is 0.638. The lowest BCUT2D eigenvalue weighted by atomic mass is 10.2. The summed E-state index contributed by atoms with van der Waals surface area (Å²) in [7, 11) is 1.88. The van der Waals surface area contributed by atoms with Gasteiger partial charge in [0.2, 0.25) is 5.28 Å². The SMILES string of the molecule is CCCCN(C)c1nc(Cl)nc2c(F)c(Cl)ncc12.